The van der Waals surface area contributed by atoms with Crippen molar-refractivity contribution in [1.82, 2.24) is 14.6 Å². The molecule has 168 valence electrons. The smallest absolute Gasteiger partial charge is 0.442 e. The molecule has 1 unspecified atom stereocenters. The summed E-state index contributed by atoms with van der Waals surface area (Å²) in [5, 5.41) is 3.91. The lowest BCUT2D eigenvalue weighted by atomic mass is 10.1. The van der Waals surface area contributed by atoms with Crippen LogP contribution in [-0.4, -0.2) is 40.8 Å². The quantitative estimate of drug-likeness (QED) is 0.510. The molecule has 1 atom stereocenters. The fourth-order valence-electron chi connectivity index (χ4n) is 3.89. The number of hydrogen-bond donors (Lipinski definition) is 0. The van der Waals surface area contributed by atoms with Crippen LogP contribution in [0.25, 0.3) is 11.4 Å². The van der Waals surface area contributed by atoms with Gasteiger partial charge in [-0.25, -0.2) is 9.36 Å². The maximum Gasteiger partial charge on any atom is 0.442 e. The van der Waals surface area contributed by atoms with Crippen LogP contribution >= 0.6 is 0 Å². The van der Waals surface area contributed by atoms with Crippen molar-refractivity contribution in [2.75, 3.05) is 14.2 Å². The van der Waals surface area contributed by atoms with Gasteiger partial charge in [-0.1, -0.05) is 35.5 Å². The molecule has 0 N–H and O–H groups in total. The number of aromatic nitrogens is 2. The Morgan fingerprint density at radius 2 is 1.88 bits per heavy atom. The summed E-state index contributed by atoms with van der Waals surface area (Å²) in [6.45, 7) is 2.41. The molecule has 0 radical (unpaired) electrons. The lowest BCUT2D eigenvalue weighted by Gasteiger charge is -2.30. The van der Waals surface area contributed by atoms with Crippen LogP contribution in [-0.2, 0) is 17.9 Å². The monoisotopic (exact) mass is 437 g/mol. The highest BCUT2D eigenvalue weighted by atomic mass is 16.5. The van der Waals surface area contributed by atoms with E-state index in [1.165, 1.54) is 11.7 Å². The fourth-order valence-corrected chi connectivity index (χ4v) is 3.89. The molecule has 1 heterocycles. The zero-order valence-electron chi connectivity index (χ0n) is 18.5. The first kappa shape index (κ1) is 21.7. The minimum atomic E-state index is -0.679. The van der Waals surface area contributed by atoms with E-state index in [4.69, 9.17) is 14.0 Å². The van der Waals surface area contributed by atoms with E-state index in [1.807, 2.05) is 35.2 Å². The molecular formula is C24H27N3O5. The lowest BCUT2D eigenvalue weighted by molar-refractivity contribution is -0.135. The molecule has 1 fully saturated rings. The summed E-state index contributed by atoms with van der Waals surface area (Å²) < 4.78 is 16.8. The van der Waals surface area contributed by atoms with Crippen molar-refractivity contribution in [1.29, 1.82) is 0 Å². The van der Waals surface area contributed by atoms with Gasteiger partial charge in [0.05, 0.1) is 14.2 Å². The molecule has 0 bridgehead atoms. The summed E-state index contributed by atoms with van der Waals surface area (Å²) in [7, 11) is 3.08. The van der Waals surface area contributed by atoms with Gasteiger partial charge in [0.1, 0.15) is 6.54 Å². The fraction of sp³-hybridized carbons (Fsp3) is 0.375. The second-order valence-corrected chi connectivity index (χ2v) is 8.01. The van der Waals surface area contributed by atoms with Crippen molar-refractivity contribution in [3.05, 3.63) is 64.6 Å². The number of nitrogens with zero attached hydrogens (tertiary/aromatic N) is 3. The topological polar surface area (TPSA) is 86.8 Å². The molecule has 0 spiro atoms. The third kappa shape index (κ3) is 4.54. The molecule has 0 aliphatic heterocycles. The van der Waals surface area contributed by atoms with Crippen molar-refractivity contribution in [2.45, 2.75) is 38.9 Å². The van der Waals surface area contributed by atoms with E-state index in [1.54, 1.807) is 25.3 Å². The third-order valence-corrected chi connectivity index (χ3v) is 5.93. The molecule has 1 saturated carbocycles. The summed E-state index contributed by atoms with van der Waals surface area (Å²) in [6.07, 6.45) is 2.23. The van der Waals surface area contributed by atoms with Crippen LogP contribution in [0.3, 0.4) is 0 Å². The first-order valence-electron chi connectivity index (χ1n) is 10.6. The molecular weight excluding hydrogens is 410 g/mol. The number of amides is 1. The van der Waals surface area contributed by atoms with Crippen LogP contribution in [0.4, 0.5) is 0 Å². The molecule has 8 heteroatoms. The highest BCUT2D eigenvalue weighted by Gasteiger charge is 2.34. The summed E-state index contributed by atoms with van der Waals surface area (Å²) in [6, 6.07) is 15.1. The minimum absolute atomic E-state index is 0.0859. The summed E-state index contributed by atoms with van der Waals surface area (Å²) in [5.41, 5.74) is 1.64. The minimum Gasteiger partial charge on any atom is -0.493 e. The highest BCUT2D eigenvalue weighted by Crippen LogP contribution is 2.36. The lowest BCUT2D eigenvalue weighted by Crippen LogP contribution is -2.42. The summed E-state index contributed by atoms with van der Waals surface area (Å²) in [4.78, 5) is 27.7. The molecule has 8 nitrogen and oxygen atoms in total. The molecule has 1 amide bonds. The standard InChI is InChI=1S/C24H27N3O5/c1-16(18-9-10-18)26(14-17-7-5-4-6-8-17)22(28)15-27-23(25-32-24(27)29)19-11-12-20(30-2)21(13-19)31-3/h4-8,11-13,16,18H,9-10,14-15H2,1-3H3. The molecule has 4 rings (SSSR count). The average molecular weight is 437 g/mol. The van der Waals surface area contributed by atoms with Gasteiger partial charge in [-0.15, -0.1) is 0 Å². The number of methoxy groups -OCH3 is 2. The van der Waals surface area contributed by atoms with Crippen molar-refractivity contribution in [3.8, 4) is 22.9 Å². The number of benzene rings is 2. The predicted molar refractivity (Wildman–Crippen MR) is 118 cm³/mol. The molecule has 1 aliphatic rings. The van der Waals surface area contributed by atoms with E-state index in [0.717, 1.165) is 18.4 Å². The Kier molecular flexibility index (Phi) is 6.30. The Labute approximate surface area is 186 Å². The number of hydrogen-bond acceptors (Lipinski definition) is 6. The largest absolute Gasteiger partial charge is 0.493 e. The van der Waals surface area contributed by atoms with Crippen LogP contribution in [0.5, 0.6) is 11.5 Å². The maximum atomic E-state index is 13.4. The molecule has 32 heavy (non-hydrogen) atoms. The average Bonchev–Trinajstić information content (AvgIpc) is 3.61. The maximum absolute atomic E-state index is 13.4. The first-order valence-corrected chi connectivity index (χ1v) is 10.6. The predicted octanol–water partition coefficient (Wildman–Crippen LogP) is 3.35. The Morgan fingerprint density at radius 3 is 2.53 bits per heavy atom. The second kappa shape index (κ2) is 9.30. The van der Waals surface area contributed by atoms with E-state index in [2.05, 4.69) is 12.1 Å². The van der Waals surface area contributed by atoms with Gasteiger partial charge in [0.15, 0.2) is 17.3 Å². The molecule has 1 aliphatic carbocycles. The molecule has 1 aromatic heterocycles. The van der Waals surface area contributed by atoms with E-state index in [0.29, 0.717) is 29.5 Å². The van der Waals surface area contributed by atoms with E-state index < -0.39 is 5.76 Å². The number of carbonyl (C=O) groups is 1. The van der Waals surface area contributed by atoms with Crippen LogP contribution < -0.4 is 15.2 Å². The van der Waals surface area contributed by atoms with Crippen molar-refractivity contribution >= 4 is 5.91 Å². The normalized spacial score (nSPS) is 14.1. The van der Waals surface area contributed by atoms with Gasteiger partial charge in [0.25, 0.3) is 0 Å². The van der Waals surface area contributed by atoms with Gasteiger partial charge >= 0.3 is 5.76 Å². The van der Waals surface area contributed by atoms with Gasteiger partial charge in [-0.05, 0) is 49.4 Å². The van der Waals surface area contributed by atoms with Crippen molar-refractivity contribution in [2.24, 2.45) is 5.92 Å². The van der Waals surface area contributed by atoms with Crippen LogP contribution in [0.2, 0.25) is 0 Å². The summed E-state index contributed by atoms with van der Waals surface area (Å²) in [5.74, 6) is 0.973. The van der Waals surface area contributed by atoms with Crippen LogP contribution in [0.1, 0.15) is 25.3 Å². The molecule has 3 aromatic rings. The number of rotatable bonds is 9. The Balaban J connectivity index is 1.62. The summed E-state index contributed by atoms with van der Waals surface area (Å²) >= 11 is 0. The van der Waals surface area contributed by atoms with Gasteiger partial charge in [-0.2, -0.15) is 0 Å². The molecule has 0 saturated heterocycles. The Hall–Kier alpha value is -3.55. The van der Waals surface area contributed by atoms with E-state index in [-0.39, 0.29) is 24.3 Å². The first-order chi connectivity index (χ1) is 15.5. The van der Waals surface area contributed by atoms with E-state index >= 15 is 0 Å². The van der Waals surface area contributed by atoms with Crippen molar-refractivity contribution in [3.63, 3.8) is 0 Å². The molecule has 2 aromatic carbocycles. The van der Waals surface area contributed by atoms with Gasteiger partial charge < -0.3 is 14.4 Å². The Bertz CT molecular complexity index is 1130. The van der Waals surface area contributed by atoms with E-state index in [9.17, 15) is 9.59 Å². The highest BCUT2D eigenvalue weighted by molar-refractivity contribution is 5.77. The zero-order valence-corrected chi connectivity index (χ0v) is 18.5. The Morgan fingerprint density at radius 1 is 1.16 bits per heavy atom. The SMILES string of the molecule is COc1ccc(-c2noc(=O)n2CC(=O)N(Cc2ccccc2)C(C)C2CC2)cc1OC. The number of ether oxygens (including phenoxy) is 2. The zero-order chi connectivity index (χ0) is 22.7. The van der Waals surface area contributed by atoms with Gasteiger partial charge in [0.2, 0.25) is 5.91 Å². The second-order valence-electron chi connectivity index (χ2n) is 8.01. The third-order valence-electron chi connectivity index (χ3n) is 5.93. The van der Waals surface area contributed by atoms with Crippen LogP contribution in [0, 0.1) is 5.92 Å². The van der Waals surface area contributed by atoms with Crippen molar-refractivity contribution < 1.29 is 18.8 Å². The van der Waals surface area contributed by atoms with Crippen LogP contribution in [0.15, 0.2) is 57.8 Å². The van der Waals surface area contributed by atoms with Gasteiger partial charge in [0, 0.05) is 18.2 Å². The van der Waals surface area contributed by atoms with Gasteiger partial charge in [-0.3, -0.25) is 9.32 Å². The number of carbonyl (C=O) groups excluding carboxylic acids is 1.